The first kappa shape index (κ1) is 22.1. The predicted octanol–water partition coefficient (Wildman–Crippen LogP) is 4.17. The molecule has 31 heavy (non-hydrogen) atoms. The first-order chi connectivity index (χ1) is 14.8. The lowest BCUT2D eigenvalue weighted by Gasteiger charge is -2.34. The molecule has 0 unspecified atom stereocenters. The van der Waals surface area contributed by atoms with Crippen LogP contribution in [0.2, 0.25) is 5.02 Å². The zero-order valence-corrected chi connectivity index (χ0v) is 18.1. The fourth-order valence-corrected chi connectivity index (χ4v) is 4.56. The summed E-state index contributed by atoms with van der Waals surface area (Å²) in [7, 11) is 0. The van der Waals surface area contributed by atoms with Gasteiger partial charge in [0.1, 0.15) is 6.54 Å². The van der Waals surface area contributed by atoms with Crippen LogP contribution in [0.4, 0.5) is 13.2 Å². The summed E-state index contributed by atoms with van der Waals surface area (Å²) in [5, 5.41) is 4.54. The van der Waals surface area contributed by atoms with Crippen molar-refractivity contribution < 1.29 is 18.0 Å². The summed E-state index contributed by atoms with van der Waals surface area (Å²) >= 11 is 5.93. The van der Waals surface area contributed by atoms with Crippen molar-refractivity contribution in [3.63, 3.8) is 0 Å². The SMILES string of the molecule is O=C(Cn1nc(C(F)(F)F)c2c1CCCCC2)N1CCN(Cc2ccc(Cl)cc2)CC1. The maximum absolute atomic E-state index is 13.5. The largest absolute Gasteiger partial charge is 0.435 e. The lowest BCUT2D eigenvalue weighted by Crippen LogP contribution is -2.49. The third kappa shape index (κ3) is 5.23. The molecule has 2 aromatic rings. The summed E-state index contributed by atoms with van der Waals surface area (Å²) in [6.07, 6.45) is -1.12. The summed E-state index contributed by atoms with van der Waals surface area (Å²) in [6, 6.07) is 7.70. The first-order valence-electron chi connectivity index (χ1n) is 10.7. The van der Waals surface area contributed by atoms with E-state index in [2.05, 4.69) is 10.00 Å². The van der Waals surface area contributed by atoms with E-state index in [0.29, 0.717) is 36.6 Å². The molecule has 9 heteroatoms. The molecule has 168 valence electrons. The maximum Gasteiger partial charge on any atom is 0.435 e. The number of halogens is 4. The standard InChI is InChI=1S/C22H26ClF3N4O/c23-17-8-6-16(7-9-17)14-28-10-12-29(13-11-28)20(31)15-30-19-5-3-1-2-4-18(19)21(27-30)22(24,25)26/h6-9H,1-5,10-15H2. The van der Waals surface area contributed by atoms with Crippen molar-refractivity contribution in [2.45, 2.75) is 51.4 Å². The summed E-state index contributed by atoms with van der Waals surface area (Å²) in [5.74, 6) is -0.172. The highest BCUT2D eigenvalue weighted by Crippen LogP contribution is 2.35. The Balaban J connectivity index is 1.39. The smallest absolute Gasteiger partial charge is 0.339 e. The van der Waals surface area contributed by atoms with Crippen LogP contribution in [0.3, 0.4) is 0 Å². The van der Waals surface area contributed by atoms with E-state index in [1.54, 1.807) is 4.90 Å². The Morgan fingerprint density at radius 2 is 1.68 bits per heavy atom. The van der Waals surface area contributed by atoms with E-state index >= 15 is 0 Å². The van der Waals surface area contributed by atoms with Gasteiger partial charge in [-0.1, -0.05) is 30.2 Å². The lowest BCUT2D eigenvalue weighted by atomic mass is 10.1. The van der Waals surface area contributed by atoms with E-state index in [4.69, 9.17) is 11.6 Å². The summed E-state index contributed by atoms with van der Waals surface area (Å²) in [6.45, 7) is 3.21. The lowest BCUT2D eigenvalue weighted by molar-refractivity contribution is -0.142. The number of nitrogens with zero attached hydrogens (tertiary/aromatic N) is 4. The predicted molar refractivity (Wildman–Crippen MR) is 112 cm³/mol. The molecular weight excluding hydrogens is 429 g/mol. The van der Waals surface area contributed by atoms with Crippen molar-refractivity contribution in [1.82, 2.24) is 19.6 Å². The van der Waals surface area contributed by atoms with Gasteiger partial charge >= 0.3 is 6.18 Å². The quantitative estimate of drug-likeness (QED) is 0.651. The Bertz CT molecular complexity index is 918. The highest BCUT2D eigenvalue weighted by Gasteiger charge is 2.39. The van der Waals surface area contributed by atoms with Crippen molar-refractivity contribution in [3.8, 4) is 0 Å². The molecule has 0 spiro atoms. The second-order valence-corrected chi connectivity index (χ2v) is 8.71. The number of piperazine rings is 1. The van der Waals surface area contributed by atoms with Crippen molar-refractivity contribution in [1.29, 1.82) is 0 Å². The highest BCUT2D eigenvalue weighted by atomic mass is 35.5. The molecule has 1 fully saturated rings. The van der Waals surface area contributed by atoms with Crippen LogP contribution in [0.25, 0.3) is 0 Å². The Kier molecular flexibility index (Phi) is 6.57. The summed E-state index contributed by atoms with van der Waals surface area (Å²) in [5.41, 5.74) is 1.21. The van der Waals surface area contributed by atoms with Crippen LogP contribution in [0.1, 0.15) is 41.8 Å². The zero-order chi connectivity index (χ0) is 22.0. The first-order valence-corrected chi connectivity index (χ1v) is 11.1. The number of alkyl halides is 3. The Morgan fingerprint density at radius 1 is 1.00 bits per heavy atom. The van der Waals surface area contributed by atoms with Crippen LogP contribution in [-0.4, -0.2) is 51.7 Å². The minimum atomic E-state index is -4.49. The molecule has 0 radical (unpaired) electrons. The van der Waals surface area contributed by atoms with Crippen molar-refractivity contribution in [2.75, 3.05) is 26.2 Å². The maximum atomic E-state index is 13.5. The minimum absolute atomic E-state index is 0.129. The third-order valence-corrected chi connectivity index (χ3v) is 6.36. The minimum Gasteiger partial charge on any atom is -0.339 e. The van der Waals surface area contributed by atoms with E-state index in [1.807, 2.05) is 24.3 Å². The van der Waals surface area contributed by atoms with Crippen LogP contribution in [0.5, 0.6) is 0 Å². The molecule has 1 saturated heterocycles. The molecule has 1 amide bonds. The van der Waals surface area contributed by atoms with Gasteiger partial charge in [-0.05, 0) is 43.4 Å². The summed E-state index contributed by atoms with van der Waals surface area (Å²) in [4.78, 5) is 16.8. The van der Waals surface area contributed by atoms with Gasteiger partial charge in [-0.3, -0.25) is 14.4 Å². The van der Waals surface area contributed by atoms with Crippen LogP contribution in [0, 0.1) is 0 Å². The van der Waals surface area contributed by atoms with Crippen molar-refractivity contribution >= 4 is 17.5 Å². The number of carbonyl (C=O) groups excluding carboxylic acids is 1. The van der Waals surface area contributed by atoms with Crippen LogP contribution >= 0.6 is 11.6 Å². The number of benzene rings is 1. The number of fused-ring (bicyclic) bond motifs is 1. The molecular formula is C22H26ClF3N4O. The van der Waals surface area contributed by atoms with E-state index in [-0.39, 0.29) is 18.0 Å². The number of hydrogen-bond acceptors (Lipinski definition) is 3. The van der Waals surface area contributed by atoms with E-state index in [9.17, 15) is 18.0 Å². The second-order valence-electron chi connectivity index (χ2n) is 8.27. The molecule has 0 saturated carbocycles. The van der Waals surface area contributed by atoms with E-state index in [1.165, 1.54) is 4.68 Å². The molecule has 1 aliphatic heterocycles. The molecule has 1 aliphatic carbocycles. The average molecular weight is 455 g/mol. The molecule has 2 aliphatic rings. The molecule has 5 nitrogen and oxygen atoms in total. The van der Waals surface area contributed by atoms with Crippen LogP contribution in [-0.2, 0) is 36.9 Å². The second kappa shape index (κ2) is 9.20. The molecule has 1 aromatic carbocycles. The number of carbonyl (C=O) groups is 1. The fraction of sp³-hybridized carbons (Fsp3) is 0.545. The molecule has 4 rings (SSSR count). The van der Waals surface area contributed by atoms with Gasteiger partial charge in [-0.2, -0.15) is 18.3 Å². The van der Waals surface area contributed by atoms with E-state index < -0.39 is 11.9 Å². The molecule has 2 heterocycles. The Morgan fingerprint density at radius 3 is 2.35 bits per heavy atom. The Labute approximate surface area is 184 Å². The van der Waals surface area contributed by atoms with Gasteiger partial charge in [0.25, 0.3) is 0 Å². The average Bonchev–Trinajstić information content (AvgIpc) is 2.91. The Hall–Kier alpha value is -2.06. The molecule has 0 atom stereocenters. The van der Waals surface area contributed by atoms with Gasteiger partial charge in [0.05, 0.1) is 0 Å². The van der Waals surface area contributed by atoms with Gasteiger partial charge in [0.2, 0.25) is 5.91 Å². The number of hydrogen-bond donors (Lipinski definition) is 0. The monoisotopic (exact) mass is 454 g/mol. The van der Waals surface area contributed by atoms with E-state index in [0.717, 1.165) is 44.5 Å². The summed E-state index contributed by atoms with van der Waals surface area (Å²) < 4.78 is 41.7. The van der Waals surface area contributed by atoms with Gasteiger partial charge in [-0.25, -0.2) is 0 Å². The third-order valence-electron chi connectivity index (χ3n) is 6.10. The fourth-order valence-electron chi connectivity index (χ4n) is 4.44. The van der Waals surface area contributed by atoms with Crippen molar-refractivity contribution in [2.24, 2.45) is 0 Å². The number of amides is 1. The molecule has 1 aromatic heterocycles. The van der Waals surface area contributed by atoms with Crippen LogP contribution < -0.4 is 0 Å². The zero-order valence-electron chi connectivity index (χ0n) is 17.3. The number of rotatable bonds is 4. The van der Waals surface area contributed by atoms with Crippen molar-refractivity contribution in [3.05, 3.63) is 51.8 Å². The van der Waals surface area contributed by atoms with Gasteiger partial charge < -0.3 is 4.90 Å². The topological polar surface area (TPSA) is 41.4 Å². The molecule has 0 N–H and O–H groups in total. The number of aromatic nitrogens is 2. The highest BCUT2D eigenvalue weighted by molar-refractivity contribution is 6.30. The normalized spacial score (nSPS) is 18.0. The molecule has 0 bridgehead atoms. The van der Waals surface area contributed by atoms with Crippen LogP contribution in [0.15, 0.2) is 24.3 Å². The van der Waals surface area contributed by atoms with Gasteiger partial charge in [0, 0.05) is 49.0 Å². The van der Waals surface area contributed by atoms with Gasteiger partial charge in [-0.15, -0.1) is 0 Å². The van der Waals surface area contributed by atoms with Gasteiger partial charge in [0.15, 0.2) is 5.69 Å².